The minimum Gasteiger partial charge on any atom is -0.451 e. The fourth-order valence-electron chi connectivity index (χ4n) is 1.90. The summed E-state index contributed by atoms with van der Waals surface area (Å²) >= 11 is 1.01. The van der Waals surface area contributed by atoms with Crippen LogP contribution in [0.25, 0.3) is 0 Å². The minimum atomic E-state index is -1.18. The molecule has 0 bridgehead atoms. The van der Waals surface area contributed by atoms with Gasteiger partial charge < -0.3 is 15.8 Å². The molecule has 10 heteroatoms. The lowest BCUT2D eigenvalue weighted by Gasteiger charge is -2.21. The summed E-state index contributed by atoms with van der Waals surface area (Å²) in [6, 6.07) is 4.22. The van der Waals surface area contributed by atoms with Gasteiger partial charge in [-0.15, -0.1) is 11.8 Å². The Morgan fingerprint density at radius 2 is 1.74 bits per heavy atom. The number of imide groups is 1. The van der Waals surface area contributed by atoms with Gasteiger partial charge in [0, 0.05) is 5.69 Å². The van der Waals surface area contributed by atoms with Gasteiger partial charge in [-0.3, -0.25) is 19.7 Å². The van der Waals surface area contributed by atoms with E-state index in [2.05, 4.69) is 5.32 Å². The highest BCUT2D eigenvalue weighted by Gasteiger charge is 2.29. The molecule has 1 aromatic carbocycles. The molecule has 27 heavy (non-hydrogen) atoms. The molecule has 0 saturated carbocycles. The monoisotopic (exact) mass is 399 g/mol. The lowest BCUT2D eigenvalue weighted by atomic mass is 10.1. The maximum atomic E-state index is 12.8. The fraction of sp³-hybridized carbons (Fsp3) is 0.412. The van der Waals surface area contributed by atoms with Crippen LogP contribution < -0.4 is 16.4 Å². The number of hydrogen-bond donors (Lipinski definition) is 3. The Morgan fingerprint density at radius 1 is 1.15 bits per heavy atom. The average molecular weight is 399 g/mol. The van der Waals surface area contributed by atoms with Crippen molar-refractivity contribution in [2.24, 2.45) is 11.7 Å². The van der Waals surface area contributed by atoms with Crippen LogP contribution >= 0.6 is 11.8 Å². The van der Waals surface area contributed by atoms with Crippen LogP contribution in [-0.2, 0) is 19.1 Å². The molecule has 0 aliphatic rings. The van der Waals surface area contributed by atoms with Crippen molar-refractivity contribution in [2.75, 3.05) is 11.1 Å². The van der Waals surface area contributed by atoms with E-state index in [1.54, 1.807) is 13.8 Å². The molecular formula is C17H22FN3O5S. The standard InChI is InChI=1S/C17H22FN3O5S/c1-9(2)14(15(23)21-17(19)25)26-16(24)10(3)27-8-13(22)20-12-6-4-11(18)5-7-12/h4-7,9-10,14H,8H2,1-3H3,(H,20,22)(H3,19,21,23,25)/t10-,14-/m1/s1. The number of benzene rings is 1. The molecule has 1 rings (SSSR count). The normalized spacial score (nSPS) is 12.8. The van der Waals surface area contributed by atoms with E-state index in [1.165, 1.54) is 31.2 Å². The lowest BCUT2D eigenvalue weighted by Crippen LogP contribution is -2.46. The van der Waals surface area contributed by atoms with Crippen LogP contribution in [0.5, 0.6) is 0 Å². The highest BCUT2D eigenvalue weighted by molar-refractivity contribution is 8.01. The zero-order valence-corrected chi connectivity index (χ0v) is 16.0. The predicted octanol–water partition coefficient (Wildman–Crippen LogP) is 1.65. The third-order valence-corrected chi connectivity index (χ3v) is 4.40. The molecule has 1 aromatic rings. The number of amides is 4. The molecule has 4 N–H and O–H groups in total. The number of esters is 1. The van der Waals surface area contributed by atoms with Crippen LogP contribution in [0.1, 0.15) is 20.8 Å². The molecule has 0 aliphatic heterocycles. The van der Waals surface area contributed by atoms with E-state index in [0.29, 0.717) is 5.69 Å². The van der Waals surface area contributed by atoms with Gasteiger partial charge in [-0.2, -0.15) is 0 Å². The Bertz CT molecular complexity index is 696. The predicted molar refractivity (Wildman–Crippen MR) is 99.4 cm³/mol. The molecule has 0 saturated heterocycles. The van der Waals surface area contributed by atoms with Gasteiger partial charge in [-0.05, 0) is 37.1 Å². The first-order chi connectivity index (χ1) is 12.6. The molecular weight excluding hydrogens is 377 g/mol. The van der Waals surface area contributed by atoms with E-state index < -0.39 is 35.1 Å². The number of carbonyl (C=O) groups is 4. The van der Waals surface area contributed by atoms with Crippen molar-refractivity contribution in [3.05, 3.63) is 30.1 Å². The van der Waals surface area contributed by atoms with Crippen LogP contribution in [0.3, 0.4) is 0 Å². The molecule has 0 aromatic heterocycles. The number of carbonyl (C=O) groups excluding carboxylic acids is 4. The zero-order chi connectivity index (χ0) is 20.6. The number of urea groups is 1. The second-order valence-corrected chi connectivity index (χ2v) is 7.29. The Kier molecular flexibility index (Phi) is 8.73. The fourth-order valence-corrected chi connectivity index (χ4v) is 2.57. The lowest BCUT2D eigenvalue weighted by molar-refractivity contribution is -0.157. The number of anilines is 1. The molecule has 0 radical (unpaired) electrons. The quantitative estimate of drug-likeness (QED) is 0.570. The number of nitrogens with two attached hydrogens (primary N) is 1. The van der Waals surface area contributed by atoms with Crippen molar-refractivity contribution < 1.29 is 28.3 Å². The summed E-state index contributed by atoms with van der Waals surface area (Å²) in [6.45, 7) is 4.82. The smallest absolute Gasteiger partial charge is 0.319 e. The number of ether oxygens (including phenoxy) is 1. The van der Waals surface area contributed by atoms with Crippen LogP contribution in [0.2, 0.25) is 0 Å². The Hall–Kier alpha value is -2.62. The van der Waals surface area contributed by atoms with Crippen LogP contribution in [0.15, 0.2) is 24.3 Å². The van der Waals surface area contributed by atoms with Gasteiger partial charge in [-0.25, -0.2) is 9.18 Å². The molecule has 0 aliphatic carbocycles. The number of nitrogens with one attached hydrogen (secondary N) is 2. The number of primary amides is 1. The first-order valence-corrected chi connectivity index (χ1v) is 9.12. The van der Waals surface area contributed by atoms with E-state index in [4.69, 9.17) is 10.5 Å². The molecule has 0 heterocycles. The van der Waals surface area contributed by atoms with E-state index >= 15 is 0 Å². The van der Waals surface area contributed by atoms with Crippen molar-refractivity contribution in [1.82, 2.24) is 5.32 Å². The third kappa shape index (κ3) is 8.07. The second-order valence-electron chi connectivity index (χ2n) is 5.96. The summed E-state index contributed by atoms with van der Waals surface area (Å²) in [7, 11) is 0. The van der Waals surface area contributed by atoms with E-state index in [9.17, 15) is 23.6 Å². The topological polar surface area (TPSA) is 128 Å². The first-order valence-electron chi connectivity index (χ1n) is 8.08. The molecule has 0 spiro atoms. The molecule has 0 fully saturated rings. The Morgan fingerprint density at radius 3 is 2.26 bits per heavy atom. The third-order valence-electron chi connectivity index (χ3n) is 3.28. The highest BCUT2D eigenvalue weighted by Crippen LogP contribution is 2.17. The number of halogens is 1. The second kappa shape index (κ2) is 10.5. The number of thioether (sulfide) groups is 1. The summed E-state index contributed by atoms with van der Waals surface area (Å²) in [4.78, 5) is 46.7. The molecule has 0 unspecified atom stereocenters. The van der Waals surface area contributed by atoms with Crippen molar-refractivity contribution in [2.45, 2.75) is 32.1 Å². The number of hydrogen-bond acceptors (Lipinski definition) is 6. The van der Waals surface area contributed by atoms with Gasteiger partial charge in [0.15, 0.2) is 6.10 Å². The summed E-state index contributed by atoms with van der Waals surface area (Å²) in [5, 5.41) is 3.71. The van der Waals surface area contributed by atoms with Gasteiger partial charge in [0.05, 0.1) is 5.75 Å². The highest BCUT2D eigenvalue weighted by atomic mass is 32.2. The van der Waals surface area contributed by atoms with Gasteiger partial charge in [-0.1, -0.05) is 13.8 Å². The van der Waals surface area contributed by atoms with Crippen molar-refractivity contribution in [3.8, 4) is 0 Å². The zero-order valence-electron chi connectivity index (χ0n) is 15.2. The summed E-state index contributed by atoms with van der Waals surface area (Å²) in [5.74, 6) is -2.73. The van der Waals surface area contributed by atoms with Gasteiger partial charge in [0.2, 0.25) is 5.91 Å². The molecule has 148 valence electrons. The molecule has 2 atom stereocenters. The maximum Gasteiger partial charge on any atom is 0.319 e. The summed E-state index contributed by atoms with van der Waals surface area (Å²) in [6.07, 6.45) is -1.18. The van der Waals surface area contributed by atoms with Crippen LogP contribution in [-0.4, -0.2) is 40.9 Å². The maximum absolute atomic E-state index is 12.8. The largest absolute Gasteiger partial charge is 0.451 e. The SMILES string of the molecule is CC(C)[C@@H](OC(=O)[C@@H](C)SCC(=O)Nc1ccc(F)cc1)C(=O)NC(N)=O. The number of rotatable bonds is 8. The summed E-state index contributed by atoms with van der Waals surface area (Å²) in [5.41, 5.74) is 5.32. The van der Waals surface area contributed by atoms with Gasteiger partial charge >= 0.3 is 12.0 Å². The minimum absolute atomic E-state index is 0.0481. The van der Waals surface area contributed by atoms with E-state index in [-0.39, 0.29) is 17.6 Å². The van der Waals surface area contributed by atoms with Crippen LogP contribution in [0, 0.1) is 11.7 Å². The Balaban J connectivity index is 2.52. The molecule has 8 nitrogen and oxygen atoms in total. The van der Waals surface area contributed by atoms with Crippen molar-refractivity contribution in [1.29, 1.82) is 0 Å². The first kappa shape index (κ1) is 22.4. The molecule has 4 amide bonds. The van der Waals surface area contributed by atoms with Gasteiger partial charge in [0.25, 0.3) is 5.91 Å². The average Bonchev–Trinajstić information content (AvgIpc) is 2.58. The van der Waals surface area contributed by atoms with Crippen molar-refractivity contribution >= 4 is 41.3 Å². The van der Waals surface area contributed by atoms with E-state index in [1.807, 2.05) is 5.32 Å². The van der Waals surface area contributed by atoms with Crippen LogP contribution in [0.4, 0.5) is 14.9 Å². The van der Waals surface area contributed by atoms with Gasteiger partial charge in [0.1, 0.15) is 11.1 Å². The Labute approximate surface area is 160 Å². The van der Waals surface area contributed by atoms with Crippen molar-refractivity contribution in [3.63, 3.8) is 0 Å². The van der Waals surface area contributed by atoms with E-state index in [0.717, 1.165) is 11.8 Å². The summed E-state index contributed by atoms with van der Waals surface area (Å²) < 4.78 is 18.0.